The monoisotopic (exact) mass is 420 g/mol. The highest BCUT2D eigenvalue weighted by molar-refractivity contribution is 5.88. The predicted octanol–water partition coefficient (Wildman–Crippen LogP) is 7.04. The van der Waals surface area contributed by atoms with Crippen LogP contribution in [0.4, 0.5) is 0 Å². The number of fused-ring (bicyclic) bond motifs is 2. The van der Waals surface area contributed by atoms with E-state index in [1.807, 2.05) is 6.07 Å². The minimum Gasteiger partial charge on any atom is -0.299 e. The summed E-state index contributed by atoms with van der Waals surface area (Å²) in [7, 11) is 2.28. The molecule has 0 saturated heterocycles. The highest BCUT2D eigenvalue weighted by Gasteiger charge is 2.41. The summed E-state index contributed by atoms with van der Waals surface area (Å²) in [5.74, 6) is 2.59. The SMILES string of the molecule is CC(C)C1c2cc(C3CC3c3cc(C4CC4)c4cc(C#N)ccc4c3)ccc2CCN1C. The lowest BCUT2D eigenvalue weighted by molar-refractivity contribution is 0.181. The lowest BCUT2D eigenvalue weighted by Crippen LogP contribution is -2.35. The molecule has 2 fully saturated rings. The van der Waals surface area contributed by atoms with E-state index in [0.717, 1.165) is 12.1 Å². The summed E-state index contributed by atoms with van der Waals surface area (Å²) in [5.41, 5.74) is 8.41. The lowest BCUT2D eigenvalue weighted by atomic mass is 9.85. The highest BCUT2D eigenvalue weighted by Crippen LogP contribution is 2.57. The maximum atomic E-state index is 9.36. The van der Waals surface area contributed by atoms with Crippen LogP contribution in [0, 0.1) is 17.2 Å². The summed E-state index contributed by atoms with van der Waals surface area (Å²) in [5, 5.41) is 12.0. The van der Waals surface area contributed by atoms with Gasteiger partial charge in [0.2, 0.25) is 0 Å². The van der Waals surface area contributed by atoms with Gasteiger partial charge >= 0.3 is 0 Å². The topological polar surface area (TPSA) is 27.0 Å². The molecule has 2 aliphatic carbocycles. The Morgan fingerprint density at radius 1 is 0.938 bits per heavy atom. The van der Waals surface area contributed by atoms with E-state index in [1.165, 1.54) is 53.1 Å². The first kappa shape index (κ1) is 20.0. The van der Waals surface area contributed by atoms with Crippen molar-refractivity contribution in [3.8, 4) is 6.07 Å². The van der Waals surface area contributed by atoms with Crippen LogP contribution >= 0.6 is 0 Å². The third-order valence-electron chi connectivity index (χ3n) is 8.13. The van der Waals surface area contributed by atoms with Gasteiger partial charge in [0.15, 0.2) is 0 Å². The molecule has 0 N–H and O–H groups in total. The van der Waals surface area contributed by atoms with E-state index in [0.29, 0.717) is 29.7 Å². The van der Waals surface area contributed by atoms with Crippen molar-refractivity contribution in [3.05, 3.63) is 81.9 Å². The average Bonchev–Trinajstić information content (AvgIpc) is 3.70. The van der Waals surface area contributed by atoms with Crippen molar-refractivity contribution in [2.45, 2.75) is 63.3 Å². The van der Waals surface area contributed by atoms with Crippen molar-refractivity contribution in [3.63, 3.8) is 0 Å². The molecule has 3 unspecified atom stereocenters. The van der Waals surface area contributed by atoms with Gasteiger partial charge in [0.1, 0.15) is 0 Å². The van der Waals surface area contributed by atoms with Crippen LogP contribution in [0.5, 0.6) is 0 Å². The van der Waals surface area contributed by atoms with Gasteiger partial charge in [-0.15, -0.1) is 0 Å². The van der Waals surface area contributed by atoms with Gasteiger partial charge in [-0.1, -0.05) is 50.2 Å². The van der Waals surface area contributed by atoms with Crippen molar-refractivity contribution in [1.29, 1.82) is 5.26 Å². The second-order valence-corrected chi connectivity index (χ2v) is 10.8. The van der Waals surface area contributed by atoms with Crippen molar-refractivity contribution >= 4 is 10.8 Å². The highest BCUT2D eigenvalue weighted by atomic mass is 15.1. The van der Waals surface area contributed by atoms with Gasteiger partial charge in [0.25, 0.3) is 0 Å². The summed E-state index contributed by atoms with van der Waals surface area (Å²) >= 11 is 0. The normalized spacial score (nSPS) is 25.0. The van der Waals surface area contributed by atoms with Gasteiger partial charge in [0.05, 0.1) is 11.6 Å². The number of hydrogen-bond donors (Lipinski definition) is 0. The molecule has 3 aromatic carbocycles. The fourth-order valence-corrected chi connectivity index (χ4v) is 6.25. The number of hydrogen-bond acceptors (Lipinski definition) is 2. The fraction of sp³-hybridized carbons (Fsp3) is 0.433. The second kappa shape index (κ2) is 7.46. The molecule has 6 rings (SSSR count). The largest absolute Gasteiger partial charge is 0.299 e. The van der Waals surface area contributed by atoms with E-state index in [2.05, 4.69) is 74.3 Å². The van der Waals surface area contributed by atoms with Gasteiger partial charge in [-0.3, -0.25) is 4.90 Å². The number of rotatable bonds is 4. The van der Waals surface area contributed by atoms with Crippen LogP contribution in [0.15, 0.2) is 48.5 Å². The fourth-order valence-electron chi connectivity index (χ4n) is 6.25. The standard InChI is InChI=1S/C30H32N2/c1-18(2)30-29-14-23(9-8-21(29)10-11-32(30)3)27-16-28(27)24-13-22-5-4-19(17-31)12-25(22)26(15-24)20-6-7-20/h4-5,8-9,12-15,18,20,27-28,30H,6-7,10-11,16H2,1-3H3. The van der Waals surface area contributed by atoms with Crippen LogP contribution in [0.1, 0.15) is 90.3 Å². The van der Waals surface area contributed by atoms with Crippen molar-refractivity contribution in [1.82, 2.24) is 4.90 Å². The van der Waals surface area contributed by atoms with Crippen LogP contribution in [-0.4, -0.2) is 18.5 Å². The first-order valence-electron chi connectivity index (χ1n) is 12.3. The molecule has 32 heavy (non-hydrogen) atoms. The van der Waals surface area contributed by atoms with E-state index in [9.17, 15) is 5.26 Å². The third-order valence-corrected chi connectivity index (χ3v) is 8.13. The van der Waals surface area contributed by atoms with Gasteiger partial charge in [-0.2, -0.15) is 5.26 Å². The molecule has 0 aromatic heterocycles. The molecule has 0 amide bonds. The third kappa shape index (κ3) is 3.35. The summed E-state index contributed by atoms with van der Waals surface area (Å²) in [6.45, 7) is 5.87. The molecule has 3 aliphatic rings. The minimum absolute atomic E-state index is 0.535. The number of nitrogens with zero attached hydrogens (tertiary/aromatic N) is 2. The Labute approximate surface area is 191 Å². The van der Waals surface area contributed by atoms with E-state index in [1.54, 1.807) is 11.1 Å². The summed E-state index contributed by atoms with van der Waals surface area (Å²) < 4.78 is 0. The number of likely N-dealkylation sites (N-methyl/N-ethyl adjacent to an activating group) is 1. The van der Waals surface area contributed by atoms with Gasteiger partial charge in [0, 0.05) is 12.6 Å². The minimum atomic E-state index is 0.535. The molecule has 0 spiro atoms. The van der Waals surface area contributed by atoms with Crippen LogP contribution in [-0.2, 0) is 6.42 Å². The van der Waals surface area contributed by atoms with Crippen molar-refractivity contribution in [2.24, 2.45) is 5.92 Å². The van der Waals surface area contributed by atoms with E-state index in [-0.39, 0.29) is 0 Å². The van der Waals surface area contributed by atoms with Crippen LogP contribution in [0.2, 0.25) is 0 Å². The zero-order valence-corrected chi connectivity index (χ0v) is 19.4. The second-order valence-electron chi connectivity index (χ2n) is 10.8. The zero-order chi connectivity index (χ0) is 22.0. The first-order valence-corrected chi connectivity index (χ1v) is 12.3. The molecule has 3 aromatic rings. The van der Waals surface area contributed by atoms with E-state index >= 15 is 0 Å². The van der Waals surface area contributed by atoms with Gasteiger partial charge < -0.3 is 0 Å². The van der Waals surface area contributed by atoms with Crippen molar-refractivity contribution in [2.75, 3.05) is 13.6 Å². The van der Waals surface area contributed by atoms with Crippen molar-refractivity contribution < 1.29 is 0 Å². The molecule has 2 nitrogen and oxygen atoms in total. The van der Waals surface area contributed by atoms with E-state index in [4.69, 9.17) is 0 Å². The maximum Gasteiger partial charge on any atom is 0.0991 e. The van der Waals surface area contributed by atoms with Gasteiger partial charge in [-0.05, 0) is 107 Å². The van der Waals surface area contributed by atoms with Crippen LogP contribution in [0.25, 0.3) is 10.8 Å². The predicted molar refractivity (Wildman–Crippen MR) is 131 cm³/mol. The molecule has 0 radical (unpaired) electrons. The average molecular weight is 421 g/mol. The Morgan fingerprint density at radius 3 is 2.47 bits per heavy atom. The van der Waals surface area contributed by atoms with Crippen LogP contribution < -0.4 is 0 Å². The smallest absolute Gasteiger partial charge is 0.0991 e. The lowest BCUT2D eigenvalue weighted by Gasteiger charge is -2.37. The quantitative estimate of drug-likeness (QED) is 0.452. The van der Waals surface area contributed by atoms with E-state index < -0.39 is 0 Å². The van der Waals surface area contributed by atoms with Crippen LogP contribution in [0.3, 0.4) is 0 Å². The summed E-state index contributed by atoms with van der Waals surface area (Å²) in [6.07, 6.45) is 5.01. The Hall–Kier alpha value is -2.63. The molecule has 1 aliphatic heterocycles. The Bertz CT molecular complexity index is 1240. The molecular weight excluding hydrogens is 388 g/mol. The molecule has 3 atom stereocenters. The number of nitriles is 1. The molecule has 2 heteroatoms. The Kier molecular flexibility index (Phi) is 4.67. The Balaban J connectivity index is 1.34. The summed E-state index contributed by atoms with van der Waals surface area (Å²) in [6, 6.07) is 21.3. The molecular formula is C30H32N2. The first-order chi connectivity index (χ1) is 15.5. The maximum absolute atomic E-state index is 9.36. The molecule has 0 bridgehead atoms. The van der Waals surface area contributed by atoms with Gasteiger partial charge in [-0.25, -0.2) is 0 Å². The number of benzene rings is 3. The Morgan fingerprint density at radius 2 is 1.72 bits per heavy atom. The summed E-state index contributed by atoms with van der Waals surface area (Å²) in [4.78, 5) is 2.54. The molecule has 2 saturated carbocycles. The molecule has 162 valence electrons. The molecule has 1 heterocycles. The zero-order valence-electron chi connectivity index (χ0n) is 19.4.